The van der Waals surface area contributed by atoms with Crippen molar-refractivity contribution in [3.05, 3.63) is 42.5 Å². The molecule has 0 aliphatic carbocycles. The van der Waals surface area contributed by atoms with Gasteiger partial charge in [0.25, 0.3) is 0 Å². The second-order valence-corrected chi connectivity index (χ2v) is 6.65. The van der Waals surface area contributed by atoms with E-state index in [0.29, 0.717) is 11.7 Å². The average molecular weight is 382 g/mol. The lowest BCUT2D eigenvalue weighted by molar-refractivity contribution is 0.409. The van der Waals surface area contributed by atoms with Gasteiger partial charge in [-0.05, 0) is 38.1 Å². The number of allylic oxidation sites excluding steroid dienone is 1. The lowest BCUT2D eigenvalue weighted by Crippen LogP contribution is -2.28. The van der Waals surface area contributed by atoms with E-state index in [1.807, 2.05) is 18.2 Å². The number of rotatable bonds is 7. The molecule has 1 aliphatic heterocycles. The summed E-state index contributed by atoms with van der Waals surface area (Å²) < 4.78 is 7.55. The summed E-state index contributed by atoms with van der Waals surface area (Å²) in [6.07, 6.45) is 5.90. The molecular formula is C17H24ClN5OS. The molecule has 0 amide bonds. The molecule has 0 spiro atoms. The van der Waals surface area contributed by atoms with Gasteiger partial charge in [0.2, 0.25) is 0 Å². The zero-order valence-electron chi connectivity index (χ0n) is 14.4. The molecule has 3 heterocycles. The molecule has 1 N–H and O–H groups in total. The van der Waals surface area contributed by atoms with E-state index in [2.05, 4.69) is 31.6 Å². The lowest BCUT2D eigenvalue weighted by Gasteiger charge is -2.22. The molecule has 0 aromatic carbocycles. The van der Waals surface area contributed by atoms with Crippen LogP contribution >= 0.6 is 24.2 Å². The summed E-state index contributed by atoms with van der Waals surface area (Å²) in [6, 6.07) is 3.81. The van der Waals surface area contributed by atoms with Crippen LogP contribution in [0.2, 0.25) is 0 Å². The maximum atomic E-state index is 5.37. The molecule has 0 atom stereocenters. The molecule has 0 unspecified atom stereocenters. The fraction of sp³-hybridized carbons (Fsp3) is 0.471. The van der Waals surface area contributed by atoms with Crippen molar-refractivity contribution in [2.45, 2.75) is 36.2 Å². The Morgan fingerprint density at radius 1 is 1.40 bits per heavy atom. The Balaban J connectivity index is 0.00000225. The van der Waals surface area contributed by atoms with Crippen LogP contribution in [-0.4, -0.2) is 39.9 Å². The number of hydrogen-bond acceptors (Lipinski definition) is 6. The van der Waals surface area contributed by atoms with Crippen LogP contribution in [0.25, 0.3) is 0 Å². The number of nitrogens with zero attached hydrogens (tertiary/aromatic N) is 4. The summed E-state index contributed by atoms with van der Waals surface area (Å²) in [6.45, 7) is 6.69. The van der Waals surface area contributed by atoms with Crippen molar-refractivity contribution in [1.29, 1.82) is 0 Å². The number of ether oxygens (including phenoxy) is 1. The fourth-order valence-electron chi connectivity index (χ4n) is 2.94. The van der Waals surface area contributed by atoms with Crippen molar-refractivity contribution in [2.24, 2.45) is 0 Å². The normalized spacial score (nSPS) is 14.8. The number of pyridine rings is 1. The molecule has 2 aromatic rings. The van der Waals surface area contributed by atoms with Crippen LogP contribution in [0.3, 0.4) is 0 Å². The minimum Gasteiger partial charge on any atom is -0.495 e. The highest BCUT2D eigenvalue weighted by Gasteiger charge is 2.23. The summed E-state index contributed by atoms with van der Waals surface area (Å²) in [4.78, 5) is 4.41. The minimum atomic E-state index is 0. The number of aromatic nitrogens is 4. The third-order valence-corrected chi connectivity index (χ3v) is 5.15. The average Bonchev–Trinajstić information content (AvgIpc) is 3.04. The number of halogens is 1. The molecule has 0 saturated carbocycles. The second-order valence-electron chi connectivity index (χ2n) is 5.71. The predicted molar refractivity (Wildman–Crippen MR) is 103 cm³/mol. The highest BCUT2D eigenvalue weighted by atomic mass is 35.5. The monoisotopic (exact) mass is 381 g/mol. The van der Waals surface area contributed by atoms with Gasteiger partial charge in [-0.15, -0.1) is 29.2 Å². The lowest BCUT2D eigenvalue weighted by atomic mass is 9.97. The molecule has 2 aromatic heterocycles. The number of thioether (sulfide) groups is 1. The Morgan fingerprint density at radius 2 is 2.20 bits per heavy atom. The van der Waals surface area contributed by atoms with Crippen molar-refractivity contribution in [1.82, 2.24) is 25.1 Å². The Hall–Kier alpha value is -1.57. The molecule has 136 valence electrons. The number of methoxy groups -OCH3 is 1. The maximum absolute atomic E-state index is 5.37. The highest BCUT2D eigenvalue weighted by Crippen LogP contribution is 2.30. The van der Waals surface area contributed by atoms with Crippen LogP contribution in [0.15, 0.2) is 36.1 Å². The Bertz CT molecular complexity index is 687. The second kappa shape index (κ2) is 9.79. The van der Waals surface area contributed by atoms with Crippen LogP contribution in [0, 0.1) is 0 Å². The molecular weight excluding hydrogens is 358 g/mol. The van der Waals surface area contributed by atoms with Gasteiger partial charge in [0.15, 0.2) is 5.16 Å². The highest BCUT2D eigenvalue weighted by molar-refractivity contribution is 7.98. The van der Waals surface area contributed by atoms with Gasteiger partial charge < -0.3 is 14.6 Å². The Kier molecular flexibility index (Phi) is 7.74. The van der Waals surface area contributed by atoms with E-state index < -0.39 is 0 Å². The third kappa shape index (κ3) is 4.74. The van der Waals surface area contributed by atoms with Gasteiger partial charge in [-0.25, -0.2) is 0 Å². The molecule has 3 rings (SSSR count). The van der Waals surface area contributed by atoms with Crippen molar-refractivity contribution < 1.29 is 4.74 Å². The van der Waals surface area contributed by atoms with E-state index in [-0.39, 0.29) is 12.4 Å². The van der Waals surface area contributed by atoms with E-state index in [0.717, 1.165) is 54.9 Å². The maximum Gasteiger partial charge on any atom is 0.191 e. The van der Waals surface area contributed by atoms with Crippen LogP contribution in [0.5, 0.6) is 5.75 Å². The summed E-state index contributed by atoms with van der Waals surface area (Å²) in [5, 5.41) is 13.2. The summed E-state index contributed by atoms with van der Waals surface area (Å²) in [5.41, 5.74) is 0.918. The topological polar surface area (TPSA) is 64.9 Å². The summed E-state index contributed by atoms with van der Waals surface area (Å²) in [7, 11) is 1.67. The van der Waals surface area contributed by atoms with Crippen molar-refractivity contribution in [2.75, 3.05) is 20.2 Å². The van der Waals surface area contributed by atoms with Crippen LogP contribution in [0.1, 0.15) is 30.3 Å². The predicted octanol–water partition coefficient (Wildman–Crippen LogP) is 3.05. The summed E-state index contributed by atoms with van der Waals surface area (Å²) >= 11 is 1.64. The molecule has 8 heteroatoms. The zero-order valence-corrected chi connectivity index (χ0v) is 16.0. The molecule has 1 fully saturated rings. The number of piperidine rings is 1. The van der Waals surface area contributed by atoms with E-state index in [4.69, 9.17) is 4.74 Å². The van der Waals surface area contributed by atoms with Gasteiger partial charge in [-0.1, -0.05) is 17.8 Å². The van der Waals surface area contributed by atoms with Crippen LogP contribution in [0.4, 0.5) is 0 Å². The van der Waals surface area contributed by atoms with Crippen molar-refractivity contribution >= 4 is 24.2 Å². The van der Waals surface area contributed by atoms with Crippen LogP contribution in [-0.2, 0) is 12.3 Å². The molecule has 0 radical (unpaired) electrons. The molecule has 1 aliphatic rings. The minimum absolute atomic E-state index is 0. The SMILES string of the molecule is C=CCn1c(SCc2ncccc2OC)nnc1C1CCNCC1.Cl. The van der Waals surface area contributed by atoms with E-state index in [1.54, 1.807) is 25.1 Å². The van der Waals surface area contributed by atoms with Gasteiger partial charge in [0.1, 0.15) is 11.6 Å². The Morgan fingerprint density at radius 3 is 2.92 bits per heavy atom. The molecule has 0 bridgehead atoms. The number of nitrogens with one attached hydrogen (secondary N) is 1. The van der Waals surface area contributed by atoms with Crippen molar-refractivity contribution in [3.63, 3.8) is 0 Å². The van der Waals surface area contributed by atoms with E-state index in [9.17, 15) is 0 Å². The number of hydrogen-bond donors (Lipinski definition) is 1. The van der Waals surface area contributed by atoms with Gasteiger partial charge in [-0.3, -0.25) is 4.98 Å². The van der Waals surface area contributed by atoms with Crippen LogP contribution < -0.4 is 10.1 Å². The third-order valence-electron chi connectivity index (χ3n) is 4.17. The molecule has 25 heavy (non-hydrogen) atoms. The van der Waals surface area contributed by atoms with E-state index in [1.165, 1.54) is 0 Å². The van der Waals surface area contributed by atoms with Gasteiger partial charge in [0, 0.05) is 24.4 Å². The van der Waals surface area contributed by atoms with Gasteiger partial charge in [0.05, 0.1) is 12.8 Å². The first kappa shape index (κ1) is 19.8. The zero-order chi connectivity index (χ0) is 16.8. The standard InChI is InChI=1S/C17H23N5OS.ClH/c1-3-11-22-16(13-6-9-18-10-7-13)20-21-17(22)24-12-14-15(23-2)5-4-8-19-14;/h3-5,8,13,18H,1,6-7,9-12H2,2H3;1H. The first-order valence-electron chi connectivity index (χ1n) is 8.19. The largest absolute Gasteiger partial charge is 0.495 e. The first-order valence-corrected chi connectivity index (χ1v) is 9.17. The van der Waals surface area contributed by atoms with Gasteiger partial charge >= 0.3 is 0 Å². The fourth-order valence-corrected chi connectivity index (χ4v) is 3.85. The molecule has 6 nitrogen and oxygen atoms in total. The van der Waals surface area contributed by atoms with Gasteiger partial charge in [-0.2, -0.15) is 0 Å². The quantitative estimate of drug-likeness (QED) is 0.587. The smallest absolute Gasteiger partial charge is 0.191 e. The first-order chi connectivity index (χ1) is 11.8. The van der Waals surface area contributed by atoms with Crippen molar-refractivity contribution in [3.8, 4) is 5.75 Å². The van der Waals surface area contributed by atoms with E-state index >= 15 is 0 Å². The Labute approximate surface area is 158 Å². The summed E-state index contributed by atoms with van der Waals surface area (Å²) in [5.74, 6) is 3.05. The molecule has 1 saturated heterocycles.